The molecule has 22 heavy (non-hydrogen) atoms. The van der Waals surface area contributed by atoms with Crippen LogP contribution in [0.2, 0.25) is 0 Å². The topological polar surface area (TPSA) is 72.6 Å². The summed E-state index contributed by atoms with van der Waals surface area (Å²) in [6.45, 7) is 6.16. The van der Waals surface area contributed by atoms with Crippen LogP contribution in [0.25, 0.3) is 0 Å². The summed E-state index contributed by atoms with van der Waals surface area (Å²) >= 11 is 0. The van der Waals surface area contributed by atoms with Gasteiger partial charge in [0.2, 0.25) is 0 Å². The molecule has 122 valence electrons. The van der Waals surface area contributed by atoms with Crippen molar-refractivity contribution in [3.05, 3.63) is 39.2 Å². The fourth-order valence-corrected chi connectivity index (χ4v) is 2.09. The van der Waals surface area contributed by atoms with Crippen LogP contribution in [0.15, 0.2) is 16.5 Å². The van der Waals surface area contributed by atoms with Crippen LogP contribution in [0.5, 0.6) is 0 Å². The molecule has 0 N–H and O–H groups in total. The second-order valence-electron chi connectivity index (χ2n) is 5.49. The second-order valence-corrected chi connectivity index (χ2v) is 7.40. The molecule has 0 amide bonds. The predicted octanol–water partition coefficient (Wildman–Crippen LogP) is 3.94. The molecule has 1 rings (SSSR count). The lowest BCUT2D eigenvalue weighted by Crippen LogP contribution is -2.21. The van der Waals surface area contributed by atoms with Crippen molar-refractivity contribution in [2.45, 2.75) is 38.9 Å². The lowest BCUT2D eigenvalue weighted by Gasteiger charge is -2.14. The first kappa shape index (κ1) is 18.3. The molecule has 9 heteroatoms. The minimum atomic E-state index is -3.21. The molecular weight excluding hydrogens is 321 g/mol. The highest BCUT2D eigenvalue weighted by Gasteiger charge is 2.25. The van der Waals surface area contributed by atoms with Crippen LogP contribution in [-0.4, -0.2) is 19.6 Å². The second kappa shape index (κ2) is 6.55. The van der Waals surface area contributed by atoms with Crippen LogP contribution in [0.1, 0.15) is 45.2 Å². The Morgan fingerprint density at radius 2 is 1.91 bits per heavy atom. The van der Waals surface area contributed by atoms with E-state index in [1.165, 1.54) is 6.92 Å². The van der Waals surface area contributed by atoms with Crippen molar-refractivity contribution in [1.29, 1.82) is 0 Å². The Morgan fingerprint density at radius 3 is 2.32 bits per heavy atom. The fraction of sp³-hybridized carbons (Fsp3) is 0.462. The zero-order chi connectivity index (χ0) is 17.2. The van der Waals surface area contributed by atoms with Crippen molar-refractivity contribution in [3.8, 4) is 0 Å². The van der Waals surface area contributed by atoms with E-state index in [2.05, 4.69) is 4.40 Å². The first-order chi connectivity index (χ1) is 9.95. The number of nitro benzene ring substituents is 1. The minimum Gasteiger partial charge on any atom is -0.258 e. The van der Waals surface area contributed by atoms with E-state index >= 15 is 0 Å². The molecule has 0 saturated carbocycles. The summed E-state index contributed by atoms with van der Waals surface area (Å²) in [5, 5.41) is 10.8. The zero-order valence-electron chi connectivity index (χ0n) is 12.4. The van der Waals surface area contributed by atoms with Gasteiger partial charge < -0.3 is 0 Å². The Bertz CT molecular complexity index is 655. The number of hydrogen-bond acceptors (Lipinski definition) is 3. The van der Waals surface area contributed by atoms with E-state index in [4.69, 9.17) is 0 Å². The third kappa shape index (κ3) is 4.12. The van der Waals surface area contributed by atoms with Gasteiger partial charge in [0.05, 0.1) is 20.9 Å². The van der Waals surface area contributed by atoms with Crippen LogP contribution in [-0.2, 0) is 11.0 Å². The van der Waals surface area contributed by atoms with Gasteiger partial charge in [0.1, 0.15) is 16.8 Å². The van der Waals surface area contributed by atoms with E-state index in [1.54, 1.807) is 20.8 Å². The first-order valence-corrected chi connectivity index (χ1v) is 7.29. The summed E-state index contributed by atoms with van der Waals surface area (Å²) in [5.74, 6) is -1.30. The van der Waals surface area contributed by atoms with E-state index in [0.717, 1.165) is 6.07 Å². The molecule has 1 atom stereocenters. The van der Waals surface area contributed by atoms with Gasteiger partial charge in [-0.1, -0.05) is 0 Å². The Balaban J connectivity index is 3.49. The van der Waals surface area contributed by atoms with Gasteiger partial charge in [-0.3, -0.25) is 10.1 Å². The fourth-order valence-electron chi connectivity index (χ4n) is 1.47. The molecule has 0 spiro atoms. The van der Waals surface area contributed by atoms with E-state index < -0.39 is 49.7 Å². The average molecular weight is 336 g/mol. The maximum absolute atomic E-state index is 14.1. The third-order valence-electron chi connectivity index (χ3n) is 2.66. The highest BCUT2D eigenvalue weighted by atomic mass is 32.2. The zero-order valence-corrected chi connectivity index (χ0v) is 13.2. The summed E-state index contributed by atoms with van der Waals surface area (Å²) < 4.78 is 54.6. The van der Waals surface area contributed by atoms with Crippen LogP contribution >= 0.6 is 0 Å². The van der Waals surface area contributed by atoms with Gasteiger partial charge in [0, 0.05) is 17.7 Å². The number of nitro groups is 1. The lowest BCUT2D eigenvalue weighted by molar-refractivity contribution is -0.385. The Labute approximate surface area is 128 Å². The average Bonchev–Trinajstić information content (AvgIpc) is 2.36. The molecule has 0 radical (unpaired) electrons. The summed E-state index contributed by atoms with van der Waals surface area (Å²) in [4.78, 5) is 9.88. The normalized spacial score (nSPS) is 14.3. The number of alkyl halides is 2. The highest BCUT2D eigenvalue weighted by molar-refractivity contribution is 7.85. The molecule has 0 aliphatic carbocycles. The molecule has 0 aromatic heterocycles. The Kier molecular flexibility index (Phi) is 5.44. The van der Waals surface area contributed by atoms with Gasteiger partial charge in [-0.15, -0.1) is 0 Å². The van der Waals surface area contributed by atoms with Gasteiger partial charge in [0.15, 0.2) is 0 Å². The van der Waals surface area contributed by atoms with Crippen LogP contribution in [0.4, 0.5) is 18.9 Å². The molecule has 0 heterocycles. The van der Waals surface area contributed by atoms with Gasteiger partial charge in [-0.05, 0) is 27.7 Å². The number of rotatable bonds is 4. The van der Waals surface area contributed by atoms with Crippen molar-refractivity contribution in [3.63, 3.8) is 0 Å². The van der Waals surface area contributed by atoms with Crippen molar-refractivity contribution >= 4 is 22.4 Å². The highest BCUT2D eigenvalue weighted by Crippen LogP contribution is 2.29. The van der Waals surface area contributed by atoms with Crippen molar-refractivity contribution in [1.82, 2.24) is 0 Å². The number of halogens is 3. The number of hydrogen-bond donors (Lipinski definition) is 0. The molecule has 0 unspecified atom stereocenters. The molecule has 1 aromatic rings. The largest absolute Gasteiger partial charge is 0.270 e. The quantitative estimate of drug-likeness (QED) is 0.475. The molecule has 0 aliphatic heterocycles. The number of non-ortho nitro benzene ring substituents is 1. The van der Waals surface area contributed by atoms with Crippen LogP contribution in [0.3, 0.4) is 0 Å². The van der Waals surface area contributed by atoms with E-state index in [-0.39, 0.29) is 5.71 Å². The molecule has 5 nitrogen and oxygen atoms in total. The summed E-state index contributed by atoms with van der Waals surface area (Å²) in [6, 6.07) is 1.29. The minimum absolute atomic E-state index is 0.142. The van der Waals surface area contributed by atoms with E-state index in [0.29, 0.717) is 6.07 Å². The maximum atomic E-state index is 14.1. The smallest absolute Gasteiger partial charge is 0.258 e. The molecule has 0 saturated heterocycles. The van der Waals surface area contributed by atoms with Gasteiger partial charge in [-0.25, -0.2) is 17.4 Å². The molecule has 0 fully saturated rings. The van der Waals surface area contributed by atoms with Crippen LogP contribution in [0, 0.1) is 15.9 Å². The SMILES string of the molecule is C/C(=N\[S@](=O)C(C)(C)C)c1cc([N+](=O)[O-])cc(C(F)F)c1F. The van der Waals surface area contributed by atoms with Crippen molar-refractivity contribution in [2.75, 3.05) is 0 Å². The first-order valence-electron chi connectivity index (χ1n) is 6.18. The van der Waals surface area contributed by atoms with Crippen molar-refractivity contribution < 1.29 is 22.3 Å². The van der Waals surface area contributed by atoms with Crippen molar-refractivity contribution in [2.24, 2.45) is 4.40 Å². The van der Waals surface area contributed by atoms with Gasteiger partial charge >= 0.3 is 0 Å². The predicted molar refractivity (Wildman–Crippen MR) is 78.1 cm³/mol. The number of nitrogens with zero attached hydrogens (tertiary/aromatic N) is 2. The molecule has 1 aromatic carbocycles. The van der Waals surface area contributed by atoms with Crippen LogP contribution < -0.4 is 0 Å². The monoisotopic (exact) mass is 336 g/mol. The lowest BCUT2D eigenvalue weighted by atomic mass is 10.1. The molecular formula is C13H15F3N2O3S. The summed E-state index contributed by atoms with van der Waals surface area (Å²) in [7, 11) is -1.75. The molecule has 0 bridgehead atoms. The standard InChI is InChI=1S/C13H15F3N2O3S/c1-7(17-22(21)13(2,3)4)9-5-8(18(19)20)6-10(11(9)14)12(15)16/h5-6,12H,1-4H3/b17-7+/t22-/m1/s1. The summed E-state index contributed by atoms with van der Waals surface area (Å²) in [6.07, 6.45) is -3.21. The van der Waals surface area contributed by atoms with Gasteiger partial charge in [-0.2, -0.15) is 4.40 Å². The maximum Gasteiger partial charge on any atom is 0.270 e. The molecule has 0 aliphatic rings. The third-order valence-corrected chi connectivity index (χ3v) is 4.15. The van der Waals surface area contributed by atoms with E-state index in [9.17, 15) is 27.5 Å². The Morgan fingerprint density at radius 1 is 1.36 bits per heavy atom. The summed E-state index contributed by atoms with van der Waals surface area (Å²) in [5.41, 5.74) is -2.36. The Hall–Kier alpha value is -1.77. The van der Waals surface area contributed by atoms with Gasteiger partial charge in [0.25, 0.3) is 12.1 Å². The van der Waals surface area contributed by atoms with E-state index in [1.807, 2.05) is 0 Å². The number of benzene rings is 1.